The highest BCUT2D eigenvalue weighted by Crippen LogP contribution is 2.66. The van der Waals surface area contributed by atoms with Crippen LogP contribution in [0.2, 0.25) is 0 Å². The smallest absolute Gasteiger partial charge is 0.352 e. The van der Waals surface area contributed by atoms with Crippen molar-refractivity contribution in [2.75, 3.05) is 6.61 Å². The summed E-state index contributed by atoms with van der Waals surface area (Å²) in [5, 5.41) is 0. The van der Waals surface area contributed by atoms with Gasteiger partial charge in [-0.3, -0.25) is 14.3 Å². The van der Waals surface area contributed by atoms with E-state index in [0.717, 1.165) is 0 Å². The molecular formula is C10H17N2O12P3S. The van der Waals surface area contributed by atoms with E-state index in [-0.39, 0.29) is 0 Å². The highest BCUT2D eigenvalue weighted by Gasteiger charge is 2.39. The fourth-order valence-electron chi connectivity index (χ4n) is 2.29. The molecule has 5 N–H and O–H groups in total. The van der Waals surface area contributed by atoms with Crippen molar-refractivity contribution in [1.29, 1.82) is 0 Å². The summed E-state index contributed by atoms with van der Waals surface area (Å²) in [6.45, 7) is -3.31. The average molecular weight is 482 g/mol. The van der Waals surface area contributed by atoms with Crippen LogP contribution in [0.25, 0.3) is 0 Å². The highest BCUT2D eigenvalue weighted by molar-refractivity contribution is 8.08. The quantitative estimate of drug-likeness (QED) is 0.309. The average Bonchev–Trinajstić information content (AvgIpc) is 2.94. The maximum absolute atomic E-state index is 11.9. The number of aryl methyl sites for hydroxylation is 1. The van der Waals surface area contributed by atoms with Gasteiger partial charge < -0.3 is 28.8 Å². The summed E-state index contributed by atoms with van der Waals surface area (Å²) in [5.41, 5.74) is -0.900. The summed E-state index contributed by atoms with van der Waals surface area (Å²) in [4.78, 5) is 61.4. The van der Waals surface area contributed by atoms with E-state index in [4.69, 9.17) is 19.0 Å². The first kappa shape index (κ1) is 23.7. The van der Waals surface area contributed by atoms with Crippen LogP contribution in [-0.2, 0) is 38.8 Å². The predicted molar refractivity (Wildman–Crippen MR) is 95.7 cm³/mol. The Labute approximate surface area is 162 Å². The molecule has 160 valence electrons. The molecule has 1 fully saturated rings. The van der Waals surface area contributed by atoms with Gasteiger partial charge in [-0.15, -0.1) is 0 Å². The lowest BCUT2D eigenvalue weighted by Crippen LogP contribution is -2.33. The van der Waals surface area contributed by atoms with E-state index in [1.54, 1.807) is 0 Å². The molecule has 1 saturated heterocycles. The van der Waals surface area contributed by atoms with Gasteiger partial charge in [0.2, 0.25) is 0 Å². The van der Waals surface area contributed by atoms with Gasteiger partial charge in [-0.25, -0.2) is 18.2 Å². The monoisotopic (exact) mass is 482 g/mol. The van der Waals surface area contributed by atoms with Crippen molar-refractivity contribution >= 4 is 34.2 Å². The molecule has 14 nitrogen and oxygen atoms in total. The van der Waals surface area contributed by atoms with Crippen LogP contribution in [0.3, 0.4) is 0 Å². The molecule has 2 heterocycles. The molecular weight excluding hydrogens is 465 g/mol. The molecule has 0 amide bonds. The summed E-state index contributed by atoms with van der Waals surface area (Å²) in [7, 11) is -10.8. The van der Waals surface area contributed by atoms with E-state index in [0.29, 0.717) is 18.4 Å². The van der Waals surface area contributed by atoms with Gasteiger partial charge in [0.25, 0.3) is 5.56 Å². The van der Waals surface area contributed by atoms with E-state index < -0.39 is 52.6 Å². The van der Waals surface area contributed by atoms with E-state index in [9.17, 15) is 28.5 Å². The molecule has 0 aromatic carbocycles. The third-order valence-corrected chi connectivity index (χ3v) is 8.10. The van der Waals surface area contributed by atoms with Gasteiger partial charge in [0.1, 0.15) is 6.23 Å². The first-order valence-corrected chi connectivity index (χ1v) is 13.0. The summed E-state index contributed by atoms with van der Waals surface area (Å²) in [6, 6.07) is 0. The van der Waals surface area contributed by atoms with Crippen LogP contribution in [0.1, 0.15) is 24.6 Å². The maximum Gasteiger partial charge on any atom is 0.488 e. The third kappa shape index (κ3) is 7.06. The van der Waals surface area contributed by atoms with Gasteiger partial charge in [-0.2, -0.15) is 4.31 Å². The minimum Gasteiger partial charge on any atom is -0.352 e. The van der Waals surface area contributed by atoms with Crippen molar-refractivity contribution in [2.45, 2.75) is 32.1 Å². The first-order valence-electron chi connectivity index (χ1n) is 7.43. The molecule has 0 radical (unpaired) electrons. The Bertz CT molecular complexity index is 985. The van der Waals surface area contributed by atoms with Gasteiger partial charge in [-0.1, -0.05) is 0 Å². The Morgan fingerprint density at radius 1 is 1.25 bits per heavy atom. The SMILES string of the molecule is Cc1cn([C@H]2CC[C@@H](COP(O)(=S)OP(=O)(O)OP(=O)(O)O)O2)c(=O)[nH]c1=O. The number of hydrogen-bond donors (Lipinski definition) is 5. The largest absolute Gasteiger partial charge is 0.488 e. The van der Waals surface area contributed by atoms with Crippen LogP contribution in [0, 0.1) is 6.92 Å². The summed E-state index contributed by atoms with van der Waals surface area (Å²) >= 11 is 4.50. The molecule has 18 heteroatoms. The molecule has 0 spiro atoms. The minimum atomic E-state index is -5.39. The van der Waals surface area contributed by atoms with Crippen molar-refractivity contribution in [3.63, 3.8) is 0 Å². The number of nitrogens with one attached hydrogen (secondary N) is 1. The lowest BCUT2D eigenvalue weighted by molar-refractivity contribution is -0.0219. The van der Waals surface area contributed by atoms with Crippen LogP contribution >= 0.6 is 22.4 Å². The van der Waals surface area contributed by atoms with Crippen LogP contribution in [0.4, 0.5) is 0 Å². The molecule has 0 saturated carbocycles. The number of hydrogen-bond acceptors (Lipinski definition) is 9. The standard InChI is InChI=1S/C10H17N2O12P3S/c1-6-4-12(10(14)11-9(6)13)8-3-2-7(22-8)5-21-27(20,28)24-26(18,19)23-25(15,16)17/h4,7-8H,2-3,5H2,1H3,(H,18,19)(H,20,28)(H,11,13,14)(H2,15,16,17)/t7-,8+,27?/m0/s1. The van der Waals surface area contributed by atoms with Crippen LogP contribution in [0.15, 0.2) is 15.8 Å². The van der Waals surface area contributed by atoms with Crippen LogP contribution in [0.5, 0.6) is 0 Å². The number of phosphoric acid groups is 2. The number of nitrogens with zero attached hydrogens (tertiary/aromatic N) is 1. The lowest BCUT2D eigenvalue weighted by Gasteiger charge is -2.21. The molecule has 2 unspecified atom stereocenters. The Kier molecular flexibility index (Phi) is 7.36. The highest BCUT2D eigenvalue weighted by atomic mass is 32.5. The van der Waals surface area contributed by atoms with Gasteiger partial charge in [0.05, 0.1) is 12.7 Å². The normalized spacial score (nSPS) is 24.6. The molecule has 0 bridgehead atoms. The van der Waals surface area contributed by atoms with Crippen molar-refractivity contribution in [3.05, 3.63) is 32.6 Å². The zero-order chi connectivity index (χ0) is 21.3. The van der Waals surface area contributed by atoms with Gasteiger partial charge >= 0.3 is 28.1 Å². The molecule has 1 aliphatic rings. The minimum absolute atomic E-state index is 0.297. The number of aromatic amines is 1. The summed E-state index contributed by atoms with van der Waals surface area (Å²) in [6.07, 6.45) is 0.615. The van der Waals surface area contributed by atoms with Gasteiger partial charge in [0, 0.05) is 11.8 Å². The molecule has 2 rings (SSSR count). The zero-order valence-electron chi connectivity index (χ0n) is 14.1. The van der Waals surface area contributed by atoms with Gasteiger partial charge in [0.15, 0.2) is 0 Å². The number of ether oxygens (including phenoxy) is 1. The third-order valence-electron chi connectivity index (χ3n) is 3.38. The topological polar surface area (TPSA) is 207 Å². The van der Waals surface area contributed by atoms with Crippen molar-refractivity contribution in [3.8, 4) is 0 Å². The Hall–Kier alpha value is -0.530. The lowest BCUT2D eigenvalue weighted by atomic mass is 10.2. The molecule has 0 aliphatic carbocycles. The molecule has 1 aliphatic heterocycles. The fraction of sp³-hybridized carbons (Fsp3) is 0.600. The molecule has 28 heavy (non-hydrogen) atoms. The van der Waals surface area contributed by atoms with E-state index in [1.807, 2.05) is 0 Å². The maximum atomic E-state index is 11.9. The Balaban J connectivity index is 1.95. The van der Waals surface area contributed by atoms with E-state index in [2.05, 4.69) is 25.4 Å². The fourth-order valence-corrected chi connectivity index (χ4v) is 6.28. The van der Waals surface area contributed by atoms with Crippen LogP contribution in [-0.4, -0.2) is 41.8 Å². The zero-order valence-corrected chi connectivity index (χ0v) is 17.6. The summed E-state index contributed by atoms with van der Waals surface area (Å²) in [5.74, 6) is 0. The van der Waals surface area contributed by atoms with Crippen LogP contribution < -0.4 is 11.2 Å². The Morgan fingerprint density at radius 3 is 2.50 bits per heavy atom. The molecule has 4 atom stereocenters. The second kappa shape index (κ2) is 8.68. The first-order chi connectivity index (χ1) is 12.7. The van der Waals surface area contributed by atoms with Crippen molar-refractivity contribution in [1.82, 2.24) is 9.55 Å². The molecule has 1 aromatic heterocycles. The number of rotatable bonds is 8. The molecule has 1 aromatic rings. The van der Waals surface area contributed by atoms with Crippen molar-refractivity contribution < 1.29 is 46.6 Å². The van der Waals surface area contributed by atoms with E-state index in [1.165, 1.54) is 17.7 Å². The van der Waals surface area contributed by atoms with Crippen molar-refractivity contribution in [2.24, 2.45) is 0 Å². The summed E-state index contributed by atoms with van der Waals surface area (Å²) < 4.78 is 41.2. The second-order valence-corrected chi connectivity index (χ2v) is 11.5. The van der Waals surface area contributed by atoms with E-state index >= 15 is 0 Å². The number of aromatic nitrogens is 2. The Morgan fingerprint density at radius 2 is 1.89 bits per heavy atom. The number of H-pyrrole nitrogens is 1. The second-order valence-electron chi connectivity index (χ2n) is 5.66. The predicted octanol–water partition coefficient (Wildman–Crippen LogP) is -0.0177. The van der Waals surface area contributed by atoms with Gasteiger partial charge in [-0.05, 0) is 31.6 Å².